The highest BCUT2D eigenvalue weighted by molar-refractivity contribution is 7.84. The molecule has 16 heavy (non-hydrogen) atoms. The van der Waals surface area contributed by atoms with Gasteiger partial charge in [0.25, 0.3) is 0 Å². The zero-order valence-corrected chi connectivity index (χ0v) is 11.1. The van der Waals surface area contributed by atoms with Gasteiger partial charge in [0.05, 0.1) is 11.4 Å². The fourth-order valence-electron chi connectivity index (χ4n) is 1.27. The molecular formula is C11H17ClN2OS. The van der Waals surface area contributed by atoms with Gasteiger partial charge < -0.3 is 11.1 Å². The van der Waals surface area contributed by atoms with Crippen LogP contribution in [0.2, 0.25) is 5.02 Å². The van der Waals surface area contributed by atoms with E-state index in [4.69, 9.17) is 17.3 Å². The standard InChI is InChI=1S/C11H17ClN2OS/c1-8(16(2)15)5-6-14-11-4-3-9(12)7-10(11)13/h3-4,7-8,14H,5-6,13H2,1-2H3. The smallest absolute Gasteiger partial charge is 0.0574 e. The molecule has 3 N–H and O–H groups in total. The highest BCUT2D eigenvalue weighted by atomic mass is 35.5. The summed E-state index contributed by atoms with van der Waals surface area (Å²) in [5.74, 6) is 0. The molecule has 0 bridgehead atoms. The van der Waals surface area contributed by atoms with Gasteiger partial charge in [-0.1, -0.05) is 18.5 Å². The predicted octanol–water partition coefficient (Wildman–Crippen LogP) is 2.49. The number of hydrogen-bond acceptors (Lipinski definition) is 3. The van der Waals surface area contributed by atoms with Gasteiger partial charge >= 0.3 is 0 Å². The number of benzene rings is 1. The Morgan fingerprint density at radius 3 is 2.81 bits per heavy atom. The first-order valence-electron chi connectivity index (χ1n) is 5.12. The minimum absolute atomic E-state index is 0.195. The first-order chi connectivity index (χ1) is 7.50. The van der Waals surface area contributed by atoms with Crippen LogP contribution in [0.4, 0.5) is 11.4 Å². The predicted molar refractivity (Wildman–Crippen MR) is 72.5 cm³/mol. The van der Waals surface area contributed by atoms with E-state index in [0.29, 0.717) is 10.7 Å². The Kier molecular flexibility index (Phi) is 5.09. The maximum atomic E-state index is 11.1. The molecule has 1 aromatic carbocycles. The van der Waals surface area contributed by atoms with Gasteiger partial charge in [0, 0.05) is 33.9 Å². The summed E-state index contributed by atoms with van der Waals surface area (Å²) in [6.45, 7) is 2.73. The quantitative estimate of drug-likeness (QED) is 0.800. The summed E-state index contributed by atoms with van der Waals surface area (Å²) < 4.78 is 11.1. The van der Waals surface area contributed by atoms with Crippen molar-refractivity contribution >= 4 is 33.8 Å². The van der Waals surface area contributed by atoms with Gasteiger partial charge in [0.15, 0.2) is 0 Å². The Hall–Kier alpha value is -0.740. The van der Waals surface area contributed by atoms with E-state index in [2.05, 4.69) is 5.32 Å². The molecular weight excluding hydrogens is 244 g/mol. The van der Waals surface area contributed by atoms with Crippen LogP contribution in [0.1, 0.15) is 13.3 Å². The second kappa shape index (κ2) is 6.11. The minimum atomic E-state index is -0.770. The molecule has 2 atom stereocenters. The lowest BCUT2D eigenvalue weighted by Gasteiger charge is -2.12. The average molecular weight is 261 g/mol. The van der Waals surface area contributed by atoms with Gasteiger partial charge in [-0.05, 0) is 24.6 Å². The van der Waals surface area contributed by atoms with Crippen molar-refractivity contribution in [3.63, 3.8) is 0 Å². The summed E-state index contributed by atoms with van der Waals surface area (Å²) in [5, 5.41) is 4.03. The molecule has 0 fully saturated rings. The van der Waals surface area contributed by atoms with Crippen molar-refractivity contribution in [1.29, 1.82) is 0 Å². The molecule has 0 aromatic heterocycles. The molecule has 0 spiro atoms. The lowest BCUT2D eigenvalue weighted by atomic mass is 10.2. The van der Waals surface area contributed by atoms with Crippen molar-refractivity contribution in [1.82, 2.24) is 0 Å². The van der Waals surface area contributed by atoms with E-state index in [1.807, 2.05) is 13.0 Å². The Labute approximate surface area is 104 Å². The third kappa shape index (κ3) is 4.02. The van der Waals surface area contributed by atoms with Crippen molar-refractivity contribution < 1.29 is 4.21 Å². The molecule has 2 unspecified atom stereocenters. The molecule has 0 amide bonds. The van der Waals surface area contributed by atoms with E-state index in [-0.39, 0.29) is 5.25 Å². The zero-order valence-electron chi connectivity index (χ0n) is 9.50. The summed E-state index contributed by atoms with van der Waals surface area (Å²) in [4.78, 5) is 0. The molecule has 0 saturated carbocycles. The fourth-order valence-corrected chi connectivity index (χ4v) is 1.90. The maximum Gasteiger partial charge on any atom is 0.0574 e. The normalized spacial score (nSPS) is 14.4. The van der Waals surface area contributed by atoms with Crippen LogP contribution >= 0.6 is 11.6 Å². The lowest BCUT2D eigenvalue weighted by molar-refractivity contribution is 0.672. The van der Waals surface area contributed by atoms with Crippen molar-refractivity contribution in [3.05, 3.63) is 23.2 Å². The summed E-state index contributed by atoms with van der Waals surface area (Å²) >= 11 is 5.80. The fraction of sp³-hybridized carbons (Fsp3) is 0.455. The van der Waals surface area contributed by atoms with Crippen LogP contribution in [0.15, 0.2) is 18.2 Å². The Balaban J connectivity index is 2.46. The molecule has 0 radical (unpaired) electrons. The van der Waals surface area contributed by atoms with Crippen LogP contribution in [0.25, 0.3) is 0 Å². The van der Waals surface area contributed by atoms with Crippen LogP contribution < -0.4 is 11.1 Å². The van der Waals surface area contributed by atoms with Crippen LogP contribution in [0.3, 0.4) is 0 Å². The number of anilines is 2. The molecule has 1 rings (SSSR count). The number of nitrogens with two attached hydrogens (primary N) is 1. The van der Waals surface area contributed by atoms with Crippen LogP contribution in [-0.4, -0.2) is 22.3 Å². The number of halogens is 1. The van der Waals surface area contributed by atoms with Gasteiger partial charge in [-0.25, -0.2) is 0 Å². The Morgan fingerprint density at radius 1 is 1.56 bits per heavy atom. The number of rotatable bonds is 5. The molecule has 90 valence electrons. The van der Waals surface area contributed by atoms with Crippen molar-refractivity contribution in [3.8, 4) is 0 Å². The largest absolute Gasteiger partial charge is 0.397 e. The van der Waals surface area contributed by atoms with Gasteiger partial charge in [-0.3, -0.25) is 4.21 Å². The molecule has 0 aliphatic carbocycles. The first kappa shape index (κ1) is 13.3. The van der Waals surface area contributed by atoms with E-state index in [1.165, 1.54) is 0 Å². The molecule has 0 aliphatic heterocycles. The van der Waals surface area contributed by atoms with Crippen LogP contribution in [-0.2, 0) is 10.8 Å². The topological polar surface area (TPSA) is 55.1 Å². The van der Waals surface area contributed by atoms with Crippen LogP contribution in [0, 0.1) is 0 Å². The van der Waals surface area contributed by atoms with Crippen molar-refractivity contribution in [2.75, 3.05) is 23.9 Å². The summed E-state index contributed by atoms with van der Waals surface area (Å²) in [7, 11) is -0.770. The highest BCUT2D eigenvalue weighted by Gasteiger charge is 2.06. The summed E-state index contributed by atoms with van der Waals surface area (Å²) in [6.07, 6.45) is 2.58. The van der Waals surface area contributed by atoms with E-state index in [1.54, 1.807) is 18.4 Å². The van der Waals surface area contributed by atoms with Gasteiger partial charge in [-0.15, -0.1) is 0 Å². The molecule has 5 heteroatoms. The third-order valence-corrected chi connectivity index (χ3v) is 4.05. The van der Waals surface area contributed by atoms with Crippen molar-refractivity contribution in [2.45, 2.75) is 18.6 Å². The minimum Gasteiger partial charge on any atom is -0.397 e. The highest BCUT2D eigenvalue weighted by Crippen LogP contribution is 2.22. The zero-order chi connectivity index (χ0) is 12.1. The molecule has 1 aromatic rings. The van der Waals surface area contributed by atoms with E-state index < -0.39 is 10.8 Å². The molecule has 3 nitrogen and oxygen atoms in total. The van der Waals surface area contributed by atoms with Gasteiger partial charge in [0.1, 0.15) is 0 Å². The monoisotopic (exact) mass is 260 g/mol. The lowest BCUT2D eigenvalue weighted by Crippen LogP contribution is -2.15. The SMILES string of the molecule is CC(CCNc1ccc(Cl)cc1N)S(C)=O. The van der Waals surface area contributed by atoms with E-state index >= 15 is 0 Å². The number of hydrogen-bond donors (Lipinski definition) is 2. The second-order valence-corrected chi connectivity index (χ2v) is 5.99. The molecule has 0 aliphatic rings. The summed E-state index contributed by atoms with van der Waals surface area (Å²) in [6, 6.07) is 5.36. The van der Waals surface area contributed by atoms with Gasteiger partial charge in [-0.2, -0.15) is 0 Å². The summed E-state index contributed by atoms with van der Waals surface area (Å²) in [5.41, 5.74) is 7.30. The average Bonchev–Trinajstić information content (AvgIpc) is 2.20. The second-order valence-electron chi connectivity index (χ2n) is 3.76. The number of nitrogen functional groups attached to an aromatic ring is 1. The first-order valence-corrected chi connectivity index (χ1v) is 7.11. The van der Waals surface area contributed by atoms with Gasteiger partial charge in [0.2, 0.25) is 0 Å². The van der Waals surface area contributed by atoms with E-state index in [9.17, 15) is 4.21 Å². The third-order valence-electron chi connectivity index (χ3n) is 2.45. The van der Waals surface area contributed by atoms with Crippen molar-refractivity contribution in [2.24, 2.45) is 0 Å². The van der Waals surface area contributed by atoms with E-state index in [0.717, 1.165) is 18.7 Å². The Bertz CT molecular complexity index is 384. The molecule has 0 heterocycles. The maximum absolute atomic E-state index is 11.1. The molecule has 0 saturated heterocycles. The number of nitrogens with one attached hydrogen (secondary N) is 1. The Morgan fingerprint density at radius 2 is 2.25 bits per heavy atom. The van der Waals surface area contributed by atoms with Crippen LogP contribution in [0.5, 0.6) is 0 Å².